The first-order valence-corrected chi connectivity index (χ1v) is 9.70. The van der Waals surface area contributed by atoms with Crippen LogP contribution in [0.5, 0.6) is 0 Å². The van der Waals surface area contributed by atoms with Gasteiger partial charge in [0.05, 0.1) is 17.6 Å². The van der Waals surface area contributed by atoms with Crippen molar-refractivity contribution in [3.05, 3.63) is 105 Å². The Hall–Kier alpha value is -3.13. The monoisotopic (exact) mass is 367 g/mol. The van der Waals surface area contributed by atoms with Gasteiger partial charge in [-0.3, -0.25) is 4.79 Å². The van der Waals surface area contributed by atoms with E-state index in [-0.39, 0.29) is 5.56 Å². The minimum atomic E-state index is 0.0760. The number of aromatic nitrogens is 1. The van der Waals surface area contributed by atoms with Crippen molar-refractivity contribution in [2.75, 3.05) is 0 Å². The van der Waals surface area contributed by atoms with Gasteiger partial charge < -0.3 is 4.57 Å². The summed E-state index contributed by atoms with van der Waals surface area (Å²) in [6.07, 6.45) is 0. The van der Waals surface area contributed by atoms with Gasteiger partial charge >= 0.3 is 0 Å². The Morgan fingerprint density at radius 2 is 1.50 bits per heavy atom. The predicted molar refractivity (Wildman–Crippen MR) is 118 cm³/mol. The van der Waals surface area contributed by atoms with E-state index in [9.17, 15) is 4.79 Å². The molecule has 1 aromatic heterocycles. The van der Waals surface area contributed by atoms with Crippen molar-refractivity contribution in [3.63, 3.8) is 0 Å². The average molecular weight is 367 g/mol. The molecule has 0 aliphatic rings. The topological polar surface area (TPSA) is 22.0 Å². The van der Waals surface area contributed by atoms with Gasteiger partial charge in [-0.25, -0.2) is 0 Å². The number of aryl methyl sites for hydroxylation is 4. The summed E-state index contributed by atoms with van der Waals surface area (Å²) in [6.45, 7) is 8.88. The Balaban J connectivity index is 2.01. The molecule has 2 nitrogen and oxygen atoms in total. The highest BCUT2D eigenvalue weighted by Gasteiger charge is 2.14. The number of nitrogens with zero attached hydrogens (tertiary/aromatic N) is 1. The van der Waals surface area contributed by atoms with Crippen LogP contribution in [0.1, 0.15) is 27.8 Å². The van der Waals surface area contributed by atoms with Crippen LogP contribution in [-0.2, 0) is 6.54 Å². The number of benzene rings is 3. The number of hydrogen-bond donors (Lipinski definition) is 0. The summed E-state index contributed by atoms with van der Waals surface area (Å²) in [5.41, 5.74) is 7.95. The Labute approximate surface area is 166 Å². The van der Waals surface area contributed by atoms with Crippen molar-refractivity contribution >= 4 is 10.8 Å². The highest BCUT2D eigenvalue weighted by molar-refractivity contribution is 5.88. The number of rotatable bonds is 3. The molecule has 0 aliphatic carbocycles. The van der Waals surface area contributed by atoms with Gasteiger partial charge in [0.2, 0.25) is 0 Å². The van der Waals surface area contributed by atoms with Gasteiger partial charge in [-0.1, -0.05) is 65.7 Å². The lowest BCUT2D eigenvalue weighted by Crippen LogP contribution is -2.23. The third-order valence-electron chi connectivity index (χ3n) is 5.49. The van der Waals surface area contributed by atoms with Crippen LogP contribution in [0.25, 0.3) is 22.0 Å². The van der Waals surface area contributed by atoms with Crippen LogP contribution in [0.2, 0.25) is 0 Å². The quantitative estimate of drug-likeness (QED) is 0.438. The van der Waals surface area contributed by atoms with E-state index in [1.54, 1.807) is 0 Å². The van der Waals surface area contributed by atoms with Crippen LogP contribution < -0.4 is 5.56 Å². The lowest BCUT2D eigenvalue weighted by Gasteiger charge is -2.17. The third-order valence-corrected chi connectivity index (χ3v) is 5.49. The van der Waals surface area contributed by atoms with E-state index in [2.05, 4.69) is 69.3 Å². The second-order valence-corrected chi connectivity index (χ2v) is 7.76. The standard InChI is InChI=1S/C26H25NO/c1-17-7-5-9-21(14-17)24-15-22-10-6-8-19(3)25(22)26(28)27(24)16-23-12-11-18(2)13-20(23)4/h5-15H,16H2,1-4H3. The maximum Gasteiger partial charge on any atom is 0.259 e. The fraction of sp³-hybridized carbons (Fsp3) is 0.192. The van der Waals surface area contributed by atoms with Gasteiger partial charge in [0.25, 0.3) is 5.56 Å². The first-order chi connectivity index (χ1) is 13.4. The van der Waals surface area contributed by atoms with E-state index in [4.69, 9.17) is 0 Å². The summed E-state index contributed by atoms with van der Waals surface area (Å²) in [5.74, 6) is 0. The molecule has 0 unspecified atom stereocenters. The number of hydrogen-bond acceptors (Lipinski definition) is 1. The van der Waals surface area contributed by atoms with Crippen molar-refractivity contribution in [2.24, 2.45) is 0 Å². The molecule has 0 fully saturated rings. The highest BCUT2D eigenvalue weighted by Crippen LogP contribution is 2.26. The zero-order valence-corrected chi connectivity index (χ0v) is 16.9. The zero-order chi connectivity index (χ0) is 19.8. The van der Waals surface area contributed by atoms with E-state index < -0.39 is 0 Å². The Morgan fingerprint density at radius 1 is 0.750 bits per heavy atom. The third kappa shape index (κ3) is 3.27. The van der Waals surface area contributed by atoms with Crippen molar-refractivity contribution in [1.82, 2.24) is 4.57 Å². The predicted octanol–water partition coefficient (Wildman–Crippen LogP) is 5.95. The van der Waals surface area contributed by atoms with Gasteiger partial charge in [-0.05, 0) is 67.5 Å². The second-order valence-electron chi connectivity index (χ2n) is 7.76. The summed E-state index contributed by atoms with van der Waals surface area (Å²) in [5, 5.41) is 1.81. The Bertz CT molecular complexity index is 1250. The molecule has 0 saturated heterocycles. The van der Waals surface area contributed by atoms with Crippen molar-refractivity contribution in [2.45, 2.75) is 34.2 Å². The molecule has 0 N–H and O–H groups in total. The molecule has 2 heteroatoms. The van der Waals surface area contributed by atoms with Crippen LogP contribution in [0, 0.1) is 27.7 Å². The lowest BCUT2D eigenvalue weighted by molar-refractivity contribution is 0.771. The molecular formula is C26H25NO. The summed E-state index contributed by atoms with van der Waals surface area (Å²) < 4.78 is 1.93. The molecule has 4 aromatic rings. The molecule has 0 atom stereocenters. The molecular weight excluding hydrogens is 342 g/mol. The van der Waals surface area contributed by atoms with Crippen molar-refractivity contribution in [1.29, 1.82) is 0 Å². The van der Waals surface area contributed by atoms with Crippen LogP contribution >= 0.6 is 0 Å². The smallest absolute Gasteiger partial charge is 0.259 e. The maximum atomic E-state index is 13.6. The number of pyridine rings is 1. The molecule has 28 heavy (non-hydrogen) atoms. The van der Waals surface area contributed by atoms with E-state index in [0.29, 0.717) is 6.54 Å². The van der Waals surface area contributed by atoms with Gasteiger partial charge in [-0.15, -0.1) is 0 Å². The lowest BCUT2D eigenvalue weighted by atomic mass is 10.0. The molecule has 0 saturated carbocycles. The largest absolute Gasteiger partial charge is 0.303 e. The van der Waals surface area contributed by atoms with E-state index in [1.807, 2.05) is 29.7 Å². The SMILES string of the molecule is Cc1cccc(-c2cc3cccc(C)c3c(=O)n2Cc2ccc(C)cc2C)c1. The summed E-state index contributed by atoms with van der Waals surface area (Å²) >= 11 is 0. The van der Waals surface area contributed by atoms with Crippen LogP contribution in [0.3, 0.4) is 0 Å². The van der Waals surface area contributed by atoms with Crippen LogP contribution in [0.15, 0.2) is 71.5 Å². The molecule has 4 rings (SSSR count). The van der Waals surface area contributed by atoms with Gasteiger partial charge in [0.1, 0.15) is 0 Å². The molecule has 0 bridgehead atoms. The molecule has 0 amide bonds. The molecule has 3 aromatic carbocycles. The second kappa shape index (κ2) is 7.12. The minimum Gasteiger partial charge on any atom is -0.303 e. The fourth-order valence-electron chi connectivity index (χ4n) is 3.97. The van der Waals surface area contributed by atoms with E-state index >= 15 is 0 Å². The molecule has 0 radical (unpaired) electrons. The fourth-order valence-corrected chi connectivity index (χ4v) is 3.97. The Morgan fingerprint density at radius 3 is 2.25 bits per heavy atom. The molecule has 0 aliphatic heterocycles. The van der Waals surface area contributed by atoms with Gasteiger partial charge in [0, 0.05) is 0 Å². The van der Waals surface area contributed by atoms with E-state index in [1.165, 1.54) is 22.3 Å². The average Bonchev–Trinajstić information content (AvgIpc) is 2.65. The molecule has 140 valence electrons. The summed E-state index contributed by atoms with van der Waals surface area (Å²) in [6, 6.07) is 23.0. The molecule has 0 spiro atoms. The van der Waals surface area contributed by atoms with Gasteiger partial charge in [0.15, 0.2) is 0 Å². The normalized spacial score (nSPS) is 11.1. The summed E-state index contributed by atoms with van der Waals surface area (Å²) in [4.78, 5) is 13.6. The summed E-state index contributed by atoms with van der Waals surface area (Å²) in [7, 11) is 0. The van der Waals surface area contributed by atoms with Crippen molar-refractivity contribution in [3.8, 4) is 11.3 Å². The first kappa shape index (κ1) is 18.2. The Kier molecular flexibility index (Phi) is 4.64. The highest BCUT2D eigenvalue weighted by atomic mass is 16.1. The van der Waals surface area contributed by atoms with E-state index in [0.717, 1.165) is 27.6 Å². The zero-order valence-electron chi connectivity index (χ0n) is 16.9. The first-order valence-electron chi connectivity index (χ1n) is 9.70. The maximum absolute atomic E-state index is 13.6. The number of fused-ring (bicyclic) bond motifs is 1. The van der Waals surface area contributed by atoms with Gasteiger partial charge in [-0.2, -0.15) is 0 Å². The van der Waals surface area contributed by atoms with Crippen molar-refractivity contribution < 1.29 is 0 Å². The molecule has 1 heterocycles. The van der Waals surface area contributed by atoms with Crippen LogP contribution in [0.4, 0.5) is 0 Å². The van der Waals surface area contributed by atoms with Crippen LogP contribution in [-0.4, -0.2) is 4.57 Å². The minimum absolute atomic E-state index is 0.0760.